The first kappa shape index (κ1) is 15.4. The minimum Gasteiger partial charge on any atom is -0.344 e. The lowest BCUT2D eigenvalue weighted by molar-refractivity contribution is 0.265. The highest BCUT2D eigenvalue weighted by Crippen LogP contribution is 2.31. The van der Waals surface area contributed by atoms with Crippen LogP contribution in [0.3, 0.4) is 0 Å². The average Bonchev–Trinajstić information content (AvgIpc) is 2.94. The van der Waals surface area contributed by atoms with Gasteiger partial charge < -0.3 is 4.57 Å². The van der Waals surface area contributed by atoms with E-state index in [1.807, 2.05) is 13.1 Å². The SMILES string of the molecule is CCN1CCc2c(c3ccccc3n2CCc2ccc(C)nc2)C1. The van der Waals surface area contributed by atoms with Crippen molar-refractivity contribution in [1.29, 1.82) is 0 Å². The maximum Gasteiger partial charge on any atom is 0.0486 e. The van der Waals surface area contributed by atoms with Crippen molar-refractivity contribution in [1.82, 2.24) is 14.5 Å². The summed E-state index contributed by atoms with van der Waals surface area (Å²) < 4.78 is 2.55. The van der Waals surface area contributed by atoms with Crippen LogP contribution in [-0.4, -0.2) is 27.5 Å². The minimum absolute atomic E-state index is 1.03. The zero-order valence-corrected chi connectivity index (χ0v) is 14.6. The third-order valence-electron chi connectivity index (χ3n) is 5.28. The molecule has 3 heterocycles. The molecule has 0 aliphatic carbocycles. The zero-order chi connectivity index (χ0) is 16.5. The number of para-hydroxylation sites is 1. The molecule has 0 unspecified atom stereocenters. The molecule has 0 saturated carbocycles. The van der Waals surface area contributed by atoms with Crippen molar-refractivity contribution >= 4 is 10.9 Å². The van der Waals surface area contributed by atoms with Gasteiger partial charge in [0.25, 0.3) is 0 Å². The Bertz CT molecular complexity index is 845. The lowest BCUT2D eigenvalue weighted by Crippen LogP contribution is -2.30. The van der Waals surface area contributed by atoms with Crippen molar-refractivity contribution in [2.24, 2.45) is 0 Å². The normalized spacial score (nSPS) is 14.9. The molecule has 4 rings (SSSR count). The second-order valence-electron chi connectivity index (χ2n) is 6.77. The van der Waals surface area contributed by atoms with E-state index in [9.17, 15) is 0 Å². The summed E-state index contributed by atoms with van der Waals surface area (Å²) >= 11 is 0. The predicted octanol–water partition coefficient (Wildman–Crippen LogP) is 3.97. The van der Waals surface area contributed by atoms with E-state index < -0.39 is 0 Å². The van der Waals surface area contributed by atoms with Crippen LogP contribution in [0.25, 0.3) is 10.9 Å². The third kappa shape index (κ3) is 2.73. The standard InChI is InChI=1S/C21H25N3/c1-3-23-12-11-21-19(15-23)18-6-4-5-7-20(18)24(21)13-10-17-9-8-16(2)22-14-17/h4-9,14H,3,10-13,15H2,1-2H3. The van der Waals surface area contributed by atoms with Crippen molar-refractivity contribution in [3.8, 4) is 0 Å². The van der Waals surface area contributed by atoms with Gasteiger partial charge in [0.15, 0.2) is 0 Å². The van der Waals surface area contributed by atoms with E-state index in [2.05, 4.69) is 57.8 Å². The Balaban J connectivity index is 1.69. The largest absolute Gasteiger partial charge is 0.344 e. The van der Waals surface area contributed by atoms with Crippen LogP contribution in [0.4, 0.5) is 0 Å². The van der Waals surface area contributed by atoms with Gasteiger partial charge >= 0.3 is 0 Å². The Morgan fingerprint density at radius 2 is 2.00 bits per heavy atom. The van der Waals surface area contributed by atoms with Crippen LogP contribution in [-0.2, 0) is 25.9 Å². The molecule has 0 atom stereocenters. The second kappa shape index (κ2) is 6.40. The molecule has 0 N–H and O–H groups in total. The van der Waals surface area contributed by atoms with E-state index in [-0.39, 0.29) is 0 Å². The van der Waals surface area contributed by atoms with Crippen molar-refractivity contribution in [2.45, 2.75) is 39.8 Å². The first-order valence-corrected chi connectivity index (χ1v) is 8.99. The highest BCUT2D eigenvalue weighted by molar-refractivity contribution is 5.85. The topological polar surface area (TPSA) is 21.1 Å². The first-order valence-electron chi connectivity index (χ1n) is 8.99. The van der Waals surface area contributed by atoms with E-state index in [1.165, 1.54) is 23.0 Å². The van der Waals surface area contributed by atoms with E-state index in [0.717, 1.165) is 38.2 Å². The smallest absolute Gasteiger partial charge is 0.0486 e. The monoisotopic (exact) mass is 319 g/mol. The zero-order valence-electron chi connectivity index (χ0n) is 14.6. The number of pyridine rings is 1. The number of likely N-dealkylation sites (N-methyl/N-ethyl adjacent to an activating group) is 1. The Morgan fingerprint density at radius 3 is 2.79 bits per heavy atom. The van der Waals surface area contributed by atoms with E-state index in [0.29, 0.717) is 0 Å². The molecular formula is C21H25N3. The first-order chi connectivity index (χ1) is 11.8. The number of aromatic nitrogens is 2. The lowest BCUT2D eigenvalue weighted by atomic mass is 10.0. The summed E-state index contributed by atoms with van der Waals surface area (Å²) in [6.07, 6.45) is 4.21. The fraction of sp³-hybridized carbons (Fsp3) is 0.381. The van der Waals surface area contributed by atoms with E-state index in [4.69, 9.17) is 0 Å². The molecule has 124 valence electrons. The number of rotatable bonds is 4. The minimum atomic E-state index is 1.03. The summed E-state index contributed by atoms with van der Waals surface area (Å²) in [4.78, 5) is 6.98. The van der Waals surface area contributed by atoms with Gasteiger partial charge in [0.05, 0.1) is 0 Å². The van der Waals surface area contributed by atoms with Crippen LogP contribution in [0.15, 0.2) is 42.6 Å². The number of aryl methyl sites for hydroxylation is 3. The van der Waals surface area contributed by atoms with Gasteiger partial charge in [0.1, 0.15) is 0 Å². The van der Waals surface area contributed by atoms with Crippen LogP contribution in [0.5, 0.6) is 0 Å². The molecule has 1 aromatic carbocycles. The summed E-state index contributed by atoms with van der Waals surface area (Å²) in [7, 11) is 0. The maximum atomic E-state index is 4.43. The Morgan fingerprint density at radius 1 is 1.12 bits per heavy atom. The Labute approximate surface area is 143 Å². The Hall–Kier alpha value is -2.13. The van der Waals surface area contributed by atoms with Gasteiger partial charge in [-0.3, -0.25) is 9.88 Å². The molecule has 0 spiro atoms. The Kier molecular flexibility index (Phi) is 4.11. The van der Waals surface area contributed by atoms with Gasteiger partial charge in [-0.05, 0) is 43.1 Å². The fourth-order valence-electron chi connectivity index (χ4n) is 3.87. The number of hydrogen-bond acceptors (Lipinski definition) is 2. The van der Waals surface area contributed by atoms with Gasteiger partial charge in [-0.1, -0.05) is 31.2 Å². The summed E-state index contributed by atoms with van der Waals surface area (Å²) in [5, 5.41) is 1.44. The molecule has 0 saturated heterocycles. The predicted molar refractivity (Wildman–Crippen MR) is 99.3 cm³/mol. The van der Waals surface area contributed by atoms with Gasteiger partial charge in [0.2, 0.25) is 0 Å². The van der Waals surface area contributed by atoms with Crippen LogP contribution in [0.2, 0.25) is 0 Å². The molecule has 1 aliphatic rings. The molecule has 0 radical (unpaired) electrons. The quantitative estimate of drug-likeness (QED) is 0.725. The molecule has 24 heavy (non-hydrogen) atoms. The number of hydrogen-bond donors (Lipinski definition) is 0. The summed E-state index contributed by atoms with van der Waals surface area (Å²) in [5.41, 5.74) is 6.88. The van der Waals surface area contributed by atoms with Crippen LogP contribution in [0.1, 0.15) is 29.4 Å². The van der Waals surface area contributed by atoms with Crippen LogP contribution in [0, 0.1) is 6.92 Å². The van der Waals surface area contributed by atoms with E-state index >= 15 is 0 Å². The molecule has 3 nitrogen and oxygen atoms in total. The molecular weight excluding hydrogens is 294 g/mol. The van der Waals surface area contributed by atoms with Crippen molar-refractivity contribution in [3.05, 3.63) is 65.1 Å². The molecule has 3 aromatic rings. The number of benzene rings is 1. The summed E-state index contributed by atoms with van der Waals surface area (Å²) in [6, 6.07) is 13.2. The molecule has 0 fully saturated rings. The van der Waals surface area contributed by atoms with Gasteiger partial charge in [0, 0.05) is 54.5 Å². The number of fused-ring (bicyclic) bond motifs is 3. The van der Waals surface area contributed by atoms with Gasteiger partial charge in [-0.15, -0.1) is 0 Å². The van der Waals surface area contributed by atoms with Crippen molar-refractivity contribution in [2.75, 3.05) is 13.1 Å². The summed E-state index contributed by atoms with van der Waals surface area (Å²) in [6.45, 7) is 8.73. The van der Waals surface area contributed by atoms with Crippen molar-refractivity contribution < 1.29 is 0 Å². The molecule has 0 bridgehead atoms. The third-order valence-corrected chi connectivity index (χ3v) is 5.28. The summed E-state index contributed by atoms with van der Waals surface area (Å²) in [5.74, 6) is 0. The molecule has 3 heteroatoms. The van der Waals surface area contributed by atoms with Crippen LogP contribution < -0.4 is 0 Å². The second-order valence-corrected chi connectivity index (χ2v) is 6.77. The number of nitrogens with zero attached hydrogens (tertiary/aromatic N) is 3. The van der Waals surface area contributed by atoms with Crippen molar-refractivity contribution in [3.63, 3.8) is 0 Å². The molecule has 2 aromatic heterocycles. The highest BCUT2D eigenvalue weighted by Gasteiger charge is 2.22. The molecule has 1 aliphatic heterocycles. The van der Waals surface area contributed by atoms with Crippen LogP contribution >= 0.6 is 0 Å². The lowest BCUT2D eigenvalue weighted by Gasteiger charge is -2.27. The fourth-order valence-corrected chi connectivity index (χ4v) is 3.87. The van der Waals surface area contributed by atoms with E-state index in [1.54, 1.807) is 11.3 Å². The van der Waals surface area contributed by atoms with Gasteiger partial charge in [-0.2, -0.15) is 0 Å². The average molecular weight is 319 g/mol. The molecule has 0 amide bonds. The highest BCUT2D eigenvalue weighted by atomic mass is 15.1. The van der Waals surface area contributed by atoms with Gasteiger partial charge in [-0.25, -0.2) is 0 Å². The maximum absolute atomic E-state index is 4.43.